The number of nitrogens with two attached hydrogens (primary N) is 1. The lowest BCUT2D eigenvalue weighted by molar-refractivity contribution is -0.148. The molecular weight excluding hydrogens is 595 g/mol. The summed E-state index contributed by atoms with van der Waals surface area (Å²) in [5, 5.41) is 32.7. The number of halogens is 2. The third kappa shape index (κ3) is 5.77. The van der Waals surface area contributed by atoms with Gasteiger partial charge in [0.2, 0.25) is 11.0 Å². The van der Waals surface area contributed by atoms with Crippen molar-refractivity contribution >= 4 is 92.7 Å². The largest absolute Gasteiger partial charge is 0.512 e. The number of carbonyl (C=O) groups is 4. The molecule has 4 rings (SSSR count). The Bertz CT molecular complexity index is 1340. The highest BCUT2D eigenvalue weighted by Gasteiger charge is 2.54. The summed E-state index contributed by atoms with van der Waals surface area (Å²) in [6, 6.07) is -1.03. The number of carboxylic acids is 1. The average Bonchev–Trinajstić information content (AvgIpc) is 3.43. The quantitative estimate of drug-likeness (QED) is 0.135. The summed E-state index contributed by atoms with van der Waals surface area (Å²) in [4.78, 5) is 53.3. The Labute approximate surface area is 229 Å². The van der Waals surface area contributed by atoms with Crippen LogP contribution in [0.5, 0.6) is 0 Å². The molecule has 0 saturated carbocycles. The highest BCUT2D eigenvalue weighted by atomic mass is 35.5. The molecule has 2 aliphatic heterocycles. The van der Waals surface area contributed by atoms with Crippen molar-refractivity contribution < 1.29 is 34.1 Å². The summed E-state index contributed by atoms with van der Waals surface area (Å²) in [6.07, 6.45) is -1.64. The van der Waals surface area contributed by atoms with Crippen molar-refractivity contribution in [1.29, 1.82) is 0 Å². The predicted molar refractivity (Wildman–Crippen MR) is 132 cm³/mol. The summed E-state index contributed by atoms with van der Waals surface area (Å²) in [6.45, 7) is -0.466. The van der Waals surface area contributed by atoms with Crippen molar-refractivity contribution in [2.75, 3.05) is 17.2 Å². The molecule has 2 aromatic heterocycles. The first-order valence-corrected chi connectivity index (χ1v) is 13.5. The van der Waals surface area contributed by atoms with Crippen LogP contribution < -0.4 is 11.1 Å². The topological polar surface area (TPSA) is 216 Å². The summed E-state index contributed by atoms with van der Waals surface area (Å²) < 4.78 is 5.61. The van der Waals surface area contributed by atoms with Crippen molar-refractivity contribution in [1.82, 2.24) is 35.4 Å². The summed E-state index contributed by atoms with van der Waals surface area (Å²) >= 11 is 15.1. The van der Waals surface area contributed by atoms with Gasteiger partial charge >= 0.3 is 12.1 Å². The minimum Gasteiger partial charge on any atom is -0.480 e. The molecule has 0 spiro atoms. The van der Waals surface area contributed by atoms with E-state index in [1.807, 2.05) is 0 Å². The van der Waals surface area contributed by atoms with Crippen LogP contribution in [0.2, 0.25) is 0 Å². The zero-order chi connectivity index (χ0) is 26.9. The Balaban J connectivity index is 1.50. The second-order valence-corrected chi connectivity index (χ2v) is 11.0. The fourth-order valence-electron chi connectivity index (χ4n) is 3.30. The third-order valence-corrected chi connectivity index (χ3v) is 8.25. The van der Waals surface area contributed by atoms with Gasteiger partial charge in [0.1, 0.15) is 22.5 Å². The number of aliphatic carboxylic acids is 1. The normalized spacial score (nSPS) is 18.6. The Morgan fingerprint density at radius 3 is 2.70 bits per heavy atom. The molecule has 0 aliphatic carbocycles. The summed E-state index contributed by atoms with van der Waals surface area (Å²) in [7, 11) is 0. The van der Waals surface area contributed by atoms with E-state index in [-0.39, 0.29) is 43.4 Å². The van der Waals surface area contributed by atoms with E-state index >= 15 is 0 Å². The molecule has 2 aliphatic rings. The Hall–Kier alpha value is -3.06. The lowest BCUT2D eigenvalue weighted by atomic mass is 10.1. The van der Waals surface area contributed by atoms with Crippen LogP contribution in [0.3, 0.4) is 0 Å². The number of aromatic nitrogens is 5. The first kappa shape index (κ1) is 27.0. The predicted octanol–water partition coefficient (Wildman–Crippen LogP) is 1.04. The molecule has 15 nitrogen and oxygen atoms in total. The molecule has 2 atom stereocenters. The van der Waals surface area contributed by atoms with Crippen LogP contribution in [-0.4, -0.2) is 87.2 Å². The first-order chi connectivity index (χ1) is 17.6. The van der Waals surface area contributed by atoms with Crippen LogP contribution in [0.1, 0.15) is 5.69 Å². The zero-order valence-electron chi connectivity index (χ0n) is 18.0. The van der Waals surface area contributed by atoms with Crippen molar-refractivity contribution in [3.05, 3.63) is 27.0 Å². The lowest BCUT2D eigenvalue weighted by Crippen LogP contribution is -2.70. The Kier molecular flexibility index (Phi) is 8.12. The number of hydrogen-bond acceptors (Lipinski definition) is 13. The number of anilines is 1. The maximum Gasteiger partial charge on any atom is 0.512 e. The fourth-order valence-corrected chi connectivity index (χ4v) is 6.55. The molecule has 1 unspecified atom stereocenters. The van der Waals surface area contributed by atoms with E-state index in [1.165, 1.54) is 17.1 Å². The summed E-state index contributed by atoms with van der Waals surface area (Å²) in [5.74, 6) is -2.40. The molecule has 0 radical (unpaired) electrons. The molecule has 2 aromatic rings. The Morgan fingerprint density at radius 2 is 2.08 bits per heavy atom. The van der Waals surface area contributed by atoms with Crippen LogP contribution >= 0.6 is 58.1 Å². The number of fused-ring (bicyclic) bond motifs is 1. The van der Waals surface area contributed by atoms with E-state index in [0.29, 0.717) is 5.57 Å². The van der Waals surface area contributed by atoms with Crippen LogP contribution in [0.4, 0.5) is 9.93 Å². The molecule has 5 N–H and O–H groups in total. The zero-order valence-corrected chi connectivity index (χ0v) is 22.0. The SMILES string of the molecule is Nc1nc(C(C(=O)NC2C(=O)N3C(OC(=O)O)=C(CSc4nnnn4CC(=O)O)CS[C@@H]23)=C(Cl)Cl)cs1. The molecule has 0 aromatic carbocycles. The minimum absolute atomic E-state index is 0.100. The number of thioether (sulfide) groups is 2. The van der Waals surface area contributed by atoms with Crippen LogP contribution in [-0.2, 0) is 25.7 Å². The number of rotatable bonds is 9. The average molecular weight is 609 g/mol. The number of amides is 2. The van der Waals surface area contributed by atoms with E-state index in [0.717, 1.165) is 32.7 Å². The first-order valence-electron chi connectivity index (χ1n) is 9.82. The van der Waals surface area contributed by atoms with Gasteiger partial charge in [0.05, 0.1) is 11.3 Å². The van der Waals surface area contributed by atoms with Crippen molar-refractivity contribution in [2.24, 2.45) is 0 Å². The van der Waals surface area contributed by atoms with E-state index in [2.05, 4.69) is 25.8 Å². The molecule has 2 amide bonds. The highest BCUT2D eigenvalue weighted by Crippen LogP contribution is 2.42. The van der Waals surface area contributed by atoms with Gasteiger partial charge in [0.25, 0.3) is 11.8 Å². The van der Waals surface area contributed by atoms with E-state index < -0.39 is 41.9 Å². The summed E-state index contributed by atoms with van der Waals surface area (Å²) in [5.41, 5.74) is 6.01. The Morgan fingerprint density at radius 1 is 1.32 bits per heavy atom. The van der Waals surface area contributed by atoms with Crippen molar-refractivity contribution in [2.45, 2.75) is 23.1 Å². The lowest BCUT2D eigenvalue weighted by Gasteiger charge is -2.49. The number of hydrogen-bond donors (Lipinski definition) is 4. The van der Waals surface area contributed by atoms with Crippen molar-refractivity contribution in [3.63, 3.8) is 0 Å². The highest BCUT2D eigenvalue weighted by molar-refractivity contribution is 8.01. The van der Waals surface area contributed by atoms with E-state index in [9.17, 15) is 24.3 Å². The fraction of sp³-hybridized carbons (Fsp3) is 0.294. The second kappa shape index (κ2) is 11.1. The van der Waals surface area contributed by atoms with E-state index in [1.54, 1.807) is 0 Å². The van der Waals surface area contributed by atoms with Gasteiger partial charge in [-0.25, -0.2) is 14.5 Å². The number of nitrogens with zero attached hydrogens (tertiary/aromatic N) is 6. The number of carboxylic acid groups (broad SMARTS) is 2. The van der Waals surface area contributed by atoms with Crippen molar-refractivity contribution in [3.8, 4) is 0 Å². The molecule has 0 bridgehead atoms. The van der Waals surface area contributed by atoms with Gasteiger partial charge in [-0.05, 0) is 10.4 Å². The number of nitrogen functional groups attached to an aromatic ring is 1. The van der Waals surface area contributed by atoms with Crippen LogP contribution in [0.15, 0.2) is 26.5 Å². The standard InChI is InChI=1S/C17H14Cl2N8O7S3/c18-10(19)8(6-4-36-15(20)21-6)11(30)22-9-12(31)27-13(34-17(32)33)5(2-35-14(9)27)3-37-16-23-24-25-26(16)1-7(28)29/h4,9,14H,1-3H2,(H2,20,21)(H,22,30)(H,28,29)(H,32,33)/t9?,14-/m0/s1. The van der Waals surface area contributed by atoms with Gasteiger partial charge in [-0.1, -0.05) is 35.0 Å². The minimum atomic E-state index is -1.64. The van der Waals surface area contributed by atoms with Gasteiger partial charge in [0, 0.05) is 22.5 Å². The maximum atomic E-state index is 13.0. The molecule has 196 valence electrons. The smallest absolute Gasteiger partial charge is 0.480 e. The number of tetrazole rings is 1. The molecule has 37 heavy (non-hydrogen) atoms. The number of thiazole rings is 1. The molecule has 1 fully saturated rings. The maximum absolute atomic E-state index is 13.0. The second-order valence-electron chi connectivity index (χ2n) is 7.15. The monoisotopic (exact) mass is 608 g/mol. The van der Waals surface area contributed by atoms with Crippen LogP contribution in [0.25, 0.3) is 5.57 Å². The van der Waals surface area contributed by atoms with E-state index in [4.69, 9.17) is 38.8 Å². The number of ether oxygens (including phenoxy) is 1. The van der Waals surface area contributed by atoms with Gasteiger partial charge in [-0.3, -0.25) is 19.3 Å². The number of β-lactam (4-membered cyclic amide) rings is 1. The number of carbonyl (C=O) groups excluding carboxylic acids is 2. The van der Waals surface area contributed by atoms with Crippen LogP contribution in [0, 0.1) is 0 Å². The van der Waals surface area contributed by atoms with Gasteiger partial charge in [0.15, 0.2) is 5.13 Å². The molecule has 4 heterocycles. The third-order valence-electron chi connectivity index (χ3n) is 4.82. The molecular formula is C17H14Cl2N8O7S3. The van der Waals surface area contributed by atoms with Gasteiger partial charge in [-0.15, -0.1) is 28.2 Å². The number of nitrogens with one attached hydrogen (secondary N) is 1. The molecule has 20 heteroatoms. The van der Waals surface area contributed by atoms with Gasteiger partial charge < -0.3 is 26.0 Å². The molecule has 1 saturated heterocycles. The van der Waals surface area contributed by atoms with Gasteiger partial charge in [-0.2, -0.15) is 0 Å².